The Morgan fingerprint density at radius 1 is 1.43 bits per heavy atom. The van der Waals surface area contributed by atoms with E-state index >= 15 is 0 Å². The fourth-order valence-electron chi connectivity index (χ4n) is 1.99. The summed E-state index contributed by atoms with van der Waals surface area (Å²) in [6, 6.07) is 8.55. The molecule has 7 heteroatoms. The van der Waals surface area contributed by atoms with Crippen LogP contribution in [0.25, 0.3) is 0 Å². The molecule has 0 fully saturated rings. The summed E-state index contributed by atoms with van der Waals surface area (Å²) >= 11 is 3.36. The number of carbonyl (C=O) groups is 1. The van der Waals surface area contributed by atoms with Crippen molar-refractivity contribution in [3.05, 3.63) is 62.5 Å². The van der Waals surface area contributed by atoms with Gasteiger partial charge in [0.15, 0.2) is 0 Å². The van der Waals surface area contributed by atoms with E-state index in [1.165, 1.54) is 16.8 Å². The smallest absolute Gasteiger partial charge is 0.276 e. The predicted octanol–water partition coefficient (Wildman–Crippen LogP) is 2.40. The third kappa shape index (κ3) is 4.07. The molecule has 1 aromatic carbocycles. The number of amides is 1. The van der Waals surface area contributed by atoms with Crippen LogP contribution >= 0.6 is 15.9 Å². The average Bonchev–Trinajstić information content (AvgIpc) is 2.55. The Kier molecular flexibility index (Phi) is 5.70. The minimum atomic E-state index is -0.553. The molecule has 0 atom stereocenters. The first kappa shape index (κ1) is 17.0. The minimum absolute atomic E-state index is 0.0488. The third-order valence-electron chi connectivity index (χ3n) is 3.17. The van der Waals surface area contributed by atoms with E-state index in [0.29, 0.717) is 17.9 Å². The van der Waals surface area contributed by atoms with Gasteiger partial charge in [0.25, 0.3) is 11.5 Å². The quantitative estimate of drug-likeness (QED) is 0.642. The monoisotopic (exact) mass is 377 g/mol. The maximum absolute atomic E-state index is 12.1. The van der Waals surface area contributed by atoms with Crippen molar-refractivity contribution in [3.63, 3.8) is 0 Å². The van der Waals surface area contributed by atoms with Gasteiger partial charge in [-0.25, -0.2) is 5.43 Å². The highest BCUT2D eigenvalue weighted by molar-refractivity contribution is 9.10. The molecule has 0 saturated heterocycles. The Morgan fingerprint density at radius 2 is 2.22 bits per heavy atom. The summed E-state index contributed by atoms with van der Waals surface area (Å²) in [5.74, 6) is 0.0715. The van der Waals surface area contributed by atoms with Crippen LogP contribution < -0.4 is 15.7 Å². The highest BCUT2D eigenvalue weighted by atomic mass is 79.9. The molecule has 0 aliphatic rings. The van der Waals surface area contributed by atoms with Gasteiger partial charge >= 0.3 is 0 Å². The van der Waals surface area contributed by atoms with Gasteiger partial charge in [-0.2, -0.15) is 5.10 Å². The van der Waals surface area contributed by atoms with Gasteiger partial charge in [-0.3, -0.25) is 9.59 Å². The van der Waals surface area contributed by atoms with E-state index in [0.717, 1.165) is 4.47 Å². The highest BCUT2D eigenvalue weighted by Gasteiger charge is 2.10. The molecule has 0 bridgehead atoms. The maximum atomic E-state index is 12.1. The molecule has 0 aliphatic carbocycles. The number of methoxy groups -OCH3 is 1. The summed E-state index contributed by atoms with van der Waals surface area (Å²) in [5, 5.41) is 3.89. The molecular weight excluding hydrogens is 362 g/mol. The number of nitrogens with zero attached hydrogens (tertiary/aromatic N) is 2. The third-order valence-corrected chi connectivity index (χ3v) is 3.66. The van der Waals surface area contributed by atoms with Crippen molar-refractivity contribution in [3.8, 4) is 5.75 Å². The van der Waals surface area contributed by atoms with Crippen LogP contribution in [0.2, 0.25) is 0 Å². The zero-order valence-electron chi connectivity index (χ0n) is 12.7. The minimum Gasteiger partial charge on any atom is -0.496 e. The second-order valence-corrected chi connectivity index (χ2v) is 5.51. The van der Waals surface area contributed by atoms with E-state index in [1.54, 1.807) is 31.5 Å². The van der Waals surface area contributed by atoms with Crippen molar-refractivity contribution in [1.82, 2.24) is 9.99 Å². The van der Waals surface area contributed by atoms with E-state index in [-0.39, 0.29) is 11.1 Å². The molecule has 0 saturated carbocycles. The standard InChI is InChI=1S/C16H16BrN3O3/c1-3-20-8-4-5-13(16(20)22)15(21)19-18-10-11-9-12(17)6-7-14(11)23-2/h4-10H,3H2,1-2H3,(H,19,21)/b18-10-. The van der Waals surface area contributed by atoms with Crippen LogP contribution in [0.5, 0.6) is 5.75 Å². The largest absolute Gasteiger partial charge is 0.496 e. The fraction of sp³-hybridized carbons (Fsp3) is 0.188. The number of halogens is 1. The first-order chi connectivity index (χ1) is 11.1. The Balaban J connectivity index is 2.16. The lowest BCUT2D eigenvalue weighted by molar-refractivity contribution is 0.0953. The van der Waals surface area contributed by atoms with Crippen LogP contribution in [0.15, 0.2) is 50.9 Å². The number of hydrazone groups is 1. The predicted molar refractivity (Wildman–Crippen MR) is 92.1 cm³/mol. The normalized spacial score (nSPS) is 10.7. The van der Waals surface area contributed by atoms with Crippen LogP contribution in [0.4, 0.5) is 0 Å². The average molecular weight is 378 g/mol. The number of aryl methyl sites for hydroxylation is 1. The van der Waals surface area contributed by atoms with Gasteiger partial charge in [0.1, 0.15) is 11.3 Å². The van der Waals surface area contributed by atoms with Crippen LogP contribution in [-0.4, -0.2) is 23.8 Å². The fourth-order valence-corrected chi connectivity index (χ4v) is 2.36. The highest BCUT2D eigenvalue weighted by Crippen LogP contribution is 2.21. The van der Waals surface area contributed by atoms with Crippen LogP contribution in [0.1, 0.15) is 22.8 Å². The van der Waals surface area contributed by atoms with Gasteiger partial charge < -0.3 is 9.30 Å². The molecule has 1 amide bonds. The number of benzene rings is 1. The molecule has 1 heterocycles. The molecule has 0 radical (unpaired) electrons. The summed E-state index contributed by atoms with van der Waals surface area (Å²) < 4.78 is 7.53. The second-order valence-electron chi connectivity index (χ2n) is 4.60. The van der Waals surface area contributed by atoms with Crippen molar-refractivity contribution in [2.45, 2.75) is 13.5 Å². The van der Waals surface area contributed by atoms with E-state index in [2.05, 4.69) is 26.5 Å². The molecule has 0 unspecified atom stereocenters. The number of carbonyl (C=O) groups excluding carboxylic acids is 1. The molecule has 6 nitrogen and oxygen atoms in total. The number of aromatic nitrogens is 1. The van der Waals surface area contributed by atoms with Crippen molar-refractivity contribution < 1.29 is 9.53 Å². The summed E-state index contributed by atoms with van der Waals surface area (Å²) in [5.41, 5.74) is 2.76. The Labute approximate surface area is 141 Å². The van der Waals surface area contributed by atoms with Gasteiger partial charge in [-0.15, -0.1) is 0 Å². The number of hydrogen-bond acceptors (Lipinski definition) is 4. The second kappa shape index (κ2) is 7.73. The van der Waals surface area contributed by atoms with Crippen LogP contribution in [0.3, 0.4) is 0 Å². The maximum Gasteiger partial charge on any atom is 0.276 e. The lowest BCUT2D eigenvalue weighted by atomic mass is 10.2. The van der Waals surface area contributed by atoms with Crippen LogP contribution in [0, 0.1) is 0 Å². The van der Waals surface area contributed by atoms with Gasteiger partial charge in [-0.1, -0.05) is 15.9 Å². The topological polar surface area (TPSA) is 72.7 Å². The van der Waals surface area contributed by atoms with Crippen LogP contribution in [-0.2, 0) is 6.54 Å². The van der Waals surface area contributed by atoms with Crippen molar-refractivity contribution in [2.24, 2.45) is 5.10 Å². The number of rotatable bonds is 5. The zero-order valence-corrected chi connectivity index (χ0v) is 14.3. The summed E-state index contributed by atoms with van der Waals surface area (Å²) in [7, 11) is 1.55. The van der Waals surface area contributed by atoms with E-state index in [1.807, 2.05) is 13.0 Å². The number of pyridine rings is 1. The molecule has 0 spiro atoms. The number of ether oxygens (including phenoxy) is 1. The molecule has 2 aromatic rings. The zero-order chi connectivity index (χ0) is 16.8. The molecule has 2 rings (SSSR count). The lowest BCUT2D eigenvalue weighted by Crippen LogP contribution is -2.30. The van der Waals surface area contributed by atoms with Gasteiger partial charge in [0.2, 0.25) is 0 Å². The van der Waals surface area contributed by atoms with Crippen molar-refractivity contribution in [2.75, 3.05) is 7.11 Å². The summed E-state index contributed by atoms with van der Waals surface area (Å²) in [6.45, 7) is 2.33. The van der Waals surface area contributed by atoms with E-state index in [4.69, 9.17) is 4.74 Å². The summed E-state index contributed by atoms with van der Waals surface area (Å²) in [4.78, 5) is 24.1. The lowest BCUT2D eigenvalue weighted by Gasteiger charge is -2.05. The Hall–Kier alpha value is -2.41. The number of nitrogens with one attached hydrogen (secondary N) is 1. The molecule has 1 aromatic heterocycles. The molecule has 1 N–H and O–H groups in total. The van der Waals surface area contributed by atoms with Crippen molar-refractivity contribution >= 4 is 28.1 Å². The van der Waals surface area contributed by atoms with Crippen molar-refractivity contribution in [1.29, 1.82) is 0 Å². The van der Waals surface area contributed by atoms with E-state index in [9.17, 15) is 9.59 Å². The Bertz CT molecular complexity index is 799. The summed E-state index contributed by atoms with van der Waals surface area (Å²) in [6.07, 6.45) is 3.09. The van der Waals surface area contributed by atoms with Gasteiger partial charge in [0, 0.05) is 22.8 Å². The van der Waals surface area contributed by atoms with E-state index < -0.39 is 5.91 Å². The molecule has 0 aliphatic heterocycles. The SMILES string of the molecule is CCn1cccc(C(=O)N/N=C\c2cc(Br)ccc2OC)c1=O. The first-order valence-electron chi connectivity index (χ1n) is 6.93. The number of hydrogen-bond donors (Lipinski definition) is 1. The van der Waals surface area contributed by atoms with Gasteiger partial charge in [-0.05, 0) is 37.3 Å². The molecular formula is C16H16BrN3O3. The first-order valence-corrected chi connectivity index (χ1v) is 7.72. The molecule has 23 heavy (non-hydrogen) atoms. The Morgan fingerprint density at radius 3 is 2.91 bits per heavy atom. The van der Waals surface area contributed by atoms with Gasteiger partial charge in [0.05, 0.1) is 13.3 Å². The molecule has 120 valence electrons.